The summed E-state index contributed by atoms with van der Waals surface area (Å²) in [7, 11) is -2.42. The second kappa shape index (κ2) is 5.74. The predicted molar refractivity (Wildman–Crippen MR) is 79.8 cm³/mol. The van der Waals surface area contributed by atoms with Crippen molar-refractivity contribution in [1.29, 1.82) is 0 Å². The summed E-state index contributed by atoms with van der Waals surface area (Å²) in [5.41, 5.74) is 0.704. The van der Waals surface area contributed by atoms with E-state index < -0.39 is 16.0 Å². The highest BCUT2D eigenvalue weighted by atomic mass is 32.2. The highest BCUT2D eigenvalue weighted by Gasteiger charge is 2.22. The van der Waals surface area contributed by atoms with Crippen molar-refractivity contribution in [2.75, 3.05) is 11.8 Å². The molecule has 0 aliphatic carbocycles. The molecule has 6 nitrogen and oxygen atoms in total. The van der Waals surface area contributed by atoms with Gasteiger partial charge in [-0.2, -0.15) is 0 Å². The molecule has 1 aromatic heterocycles. The topological polar surface area (TPSA) is 92.7 Å². The van der Waals surface area contributed by atoms with Gasteiger partial charge in [-0.1, -0.05) is 12.1 Å². The zero-order valence-corrected chi connectivity index (χ0v) is 12.9. The van der Waals surface area contributed by atoms with Crippen molar-refractivity contribution < 1.29 is 23.1 Å². The molecule has 0 saturated carbocycles. The van der Waals surface area contributed by atoms with Gasteiger partial charge in [0, 0.05) is 0 Å². The molecule has 2 rings (SSSR count). The van der Waals surface area contributed by atoms with Gasteiger partial charge >= 0.3 is 5.97 Å². The van der Waals surface area contributed by atoms with E-state index in [1.807, 2.05) is 0 Å². The maximum absolute atomic E-state index is 12.3. The smallest absolute Gasteiger partial charge is 0.346 e. The van der Waals surface area contributed by atoms with Crippen LogP contribution in [0.4, 0.5) is 5.69 Å². The Morgan fingerprint density at radius 2 is 2.00 bits per heavy atom. The maximum Gasteiger partial charge on any atom is 0.346 e. The first-order valence-electron chi connectivity index (χ1n) is 5.84. The third kappa shape index (κ3) is 3.17. The molecular weight excluding hydrogens is 314 g/mol. The van der Waals surface area contributed by atoms with Gasteiger partial charge in [0.1, 0.15) is 14.8 Å². The molecule has 0 spiro atoms. The lowest BCUT2D eigenvalue weighted by atomic mass is 10.3. The Bertz CT molecular complexity index is 780. The number of rotatable bonds is 5. The Balaban J connectivity index is 2.39. The summed E-state index contributed by atoms with van der Waals surface area (Å²) >= 11 is 0.716. The molecule has 0 aliphatic rings. The van der Waals surface area contributed by atoms with E-state index in [0.717, 1.165) is 0 Å². The molecule has 8 heteroatoms. The van der Waals surface area contributed by atoms with Gasteiger partial charge in [0.15, 0.2) is 0 Å². The Kier molecular flexibility index (Phi) is 4.19. The molecule has 0 bridgehead atoms. The number of nitrogens with one attached hydrogen (secondary N) is 1. The number of hydrogen-bond acceptors (Lipinski definition) is 5. The van der Waals surface area contributed by atoms with Crippen molar-refractivity contribution >= 4 is 33.0 Å². The normalized spacial score (nSPS) is 11.1. The number of carboxylic acid groups (broad SMARTS) is 1. The number of aryl methyl sites for hydroxylation is 1. The molecule has 2 aromatic rings. The van der Waals surface area contributed by atoms with Crippen LogP contribution in [-0.4, -0.2) is 26.6 Å². The summed E-state index contributed by atoms with van der Waals surface area (Å²) in [5, 5.41) is 8.99. The monoisotopic (exact) mass is 327 g/mol. The summed E-state index contributed by atoms with van der Waals surface area (Å²) in [6, 6.07) is 7.91. The fraction of sp³-hybridized carbons (Fsp3) is 0.154. The van der Waals surface area contributed by atoms with Crippen molar-refractivity contribution in [3.8, 4) is 5.75 Å². The maximum atomic E-state index is 12.3. The molecule has 0 fully saturated rings. The minimum absolute atomic E-state index is 0.00963. The number of carboxylic acids is 1. The van der Waals surface area contributed by atoms with Gasteiger partial charge in [-0.15, -0.1) is 11.3 Å². The minimum atomic E-state index is -3.86. The summed E-state index contributed by atoms with van der Waals surface area (Å²) < 4.78 is 32.0. The second-order valence-electron chi connectivity index (χ2n) is 4.19. The van der Waals surface area contributed by atoms with Crippen LogP contribution < -0.4 is 9.46 Å². The van der Waals surface area contributed by atoms with E-state index in [2.05, 4.69) is 4.72 Å². The van der Waals surface area contributed by atoms with Crippen LogP contribution in [0, 0.1) is 6.92 Å². The molecular formula is C13H13NO5S2. The Hall–Kier alpha value is -2.06. The third-order valence-electron chi connectivity index (χ3n) is 2.71. The summed E-state index contributed by atoms with van der Waals surface area (Å²) in [6.07, 6.45) is 0. The standard InChI is InChI=1S/C13H13NO5S2/c1-8-7-11(20-12(8)13(15)16)21(17,18)14-9-5-3-4-6-10(9)19-2/h3-7,14H,1-2H3,(H,15,16). The molecule has 0 unspecified atom stereocenters. The minimum Gasteiger partial charge on any atom is -0.495 e. The number of para-hydroxylation sites is 2. The van der Waals surface area contributed by atoms with Crippen LogP contribution in [0.15, 0.2) is 34.5 Å². The van der Waals surface area contributed by atoms with Gasteiger partial charge in [0.2, 0.25) is 0 Å². The van der Waals surface area contributed by atoms with Crippen LogP contribution >= 0.6 is 11.3 Å². The molecule has 0 amide bonds. The van der Waals surface area contributed by atoms with Crippen LogP contribution in [0.2, 0.25) is 0 Å². The molecule has 21 heavy (non-hydrogen) atoms. The quantitative estimate of drug-likeness (QED) is 0.880. The lowest BCUT2D eigenvalue weighted by Crippen LogP contribution is -2.12. The summed E-state index contributed by atoms with van der Waals surface area (Å²) in [5.74, 6) is -0.760. The van der Waals surface area contributed by atoms with E-state index in [0.29, 0.717) is 28.3 Å². The van der Waals surface area contributed by atoms with E-state index in [4.69, 9.17) is 9.84 Å². The van der Waals surface area contributed by atoms with E-state index in [9.17, 15) is 13.2 Å². The summed E-state index contributed by atoms with van der Waals surface area (Å²) in [6.45, 7) is 1.56. The van der Waals surface area contributed by atoms with E-state index in [-0.39, 0.29) is 9.09 Å². The number of benzene rings is 1. The lowest BCUT2D eigenvalue weighted by molar-refractivity contribution is 0.0701. The highest BCUT2D eigenvalue weighted by molar-refractivity contribution is 7.94. The number of aromatic carboxylic acids is 1. The molecule has 1 heterocycles. The molecule has 0 aliphatic heterocycles. The van der Waals surface area contributed by atoms with Gasteiger partial charge < -0.3 is 9.84 Å². The lowest BCUT2D eigenvalue weighted by Gasteiger charge is -2.10. The Morgan fingerprint density at radius 1 is 1.33 bits per heavy atom. The van der Waals surface area contributed by atoms with Gasteiger partial charge in [-0.05, 0) is 30.7 Å². The molecule has 0 saturated heterocycles. The van der Waals surface area contributed by atoms with Gasteiger partial charge in [0.05, 0.1) is 12.8 Å². The zero-order chi connectivity index (χ0) is 15.6. The SMILES string of the molecule is COc1ccccc1NS(=O)(=O)c1cc(C)c(C(=O)O)s1. The third-order valence-corrected chi connectivity index (χ3v) is 5.77. The fourth-order valence-electron chi connectivity index (χ4n) is 1.72. The number of methoxy groups -OCH3 is 1. The van der Waals surface area contributed by atoms with E-state index in [1.165, 1.54) is 13.2 Å². The van der Waals surface area contributed by atoms with Crippen molar-refractivity contribution in [1.82, 2.24) is 0 Å². The number of sulfonamides is 1. The van der Waals surface area contributed by atoms with Gasteiger partial charge in [-0.25, -0.2) is 13.2 Å². The Morgan fingerprint density at radius 3 is 2.57 bits per heavy atom. The van der Waals surface area contributed by atoms with E-state index >= 15 is 0 Å². The van der Waals surface area contributed by atoms with Gasteiger partial charge in [0.25, 0.3) is 10.0 Å². The Labute approximate surface area is 126 Å². The molecule has 0 atom stereocenters. The number of anilines is 1. The van der Waals surface area contributed by atoms with E-state index in [1.54, 1.807) is 31.2 Å². The van der Waals surface area contributed by atoms with Crippen molar-refractivity contribution in [2.45, 2.75) is 11.1 Å². The van der Waals surface area contributed by atoms with Crippen molar-refractivity contribution in [2.24, 2.45) is 0 Å². The van der Waals surface area contributed by atoms with Crippen LogP contribution in [0.5, 0.6) is 5.75 Å². The fourth-order valence-corrected chi connectivity index (χ4v) is 4.17. The number of hydrogen-bond donors (Lipinski definition) is 2. The molecule has 1 aromatic carbocycles. The second-order valence-corrected chi connectivity index (χ2v) is 7.15. The first kappa shape index (κ1) is 15.3. The number of carbonyl (C=O) groups is 1. The van der Waals surface area contributed by atoms with Gasteiger partial charge in [-0.3, -0.25) is 4.72 Å². The van der Waals surface area contributed by atoms with Crippen LogP contribution in [0.1, 0.15) is 15.2 Å². The predicted octanol–water partition coefficient (Wildman–Crippen LogP) is 2.56. The number of thiophene rings is 1. The number of ether oxygens (including phenoxy) is 1. The summed E-state index contributed by atoms with van der Waals surface area (Å²) in [4.78, 5) is 11.0. The zero-order valence-electron chi connectivity index (χ0n) is 11.3. The first-order chi connectivity index (χ1) is 9.85. The molecule has 0 radical (unpaired) electrons. The average Bonchev–Trinajstić information content (AvgIpc) is 2.82. The van der Waals surface area contributed by atoms with Crippen LogP contribution in [0.3, 0.4) is 0 Å². The first-order valence-corrected chi connectivity index (χ1v) is 8.14. The van der Waals surface area contributed by atoms with Crippen molar-refractivity contribution in [3.63, 3.8) is 0 Å². The largest absolute Gasteiger partial charge is 0.495 e. The molecule has 2 N–H and O–H groups in total. The molecule has 112 valence electrons. The van der Waals surface area contributed by atoms with Crippen molar-refractivity contribution in [3.05, 3.63) is 40.8 Å². The average molecular weight is 327 g/mol. The highest BCUT2D eigenvalue weighted by Crippen LogP contribution is 2.30. The van der Waals surface area contributed by atoms with Crippen LogP contribution in [-0.2, 0) is 10.0 Å². The van der Waals surface area contributed by atoms with Crippen LogP contribution in [0.25, 0.3) is 0 Å².